The molecule has 1 aliphatic rings. The summed E-state index contributed by atoms with van der Waals surface area (Å²) >= 11 is 13.8. The third-order valence-corrected chi connectivity index (χ3v) is 6.57. The number of hydrogen-bond acceptors (Lipinski definition) is 3. The minimum atomic E-state index is -0.154. The topological polar surface area (TPSA) is 29.5 Å². The van der Waals surface area contributed by atoms with Crippen molar-refractivity contribution in [2.75, 3.05) is 4.90 Å². The number of halogens is 2. The van der Waals surface area contributed by atoms with Gasteiger partial charge in [-0.25, -0.2) is 0 Å². The molecule has 1 fully saturated rings. The molecular formula is C22H17Cl2NO2S. The lowest BCUT2D eigenvalue weighted by molar-refractivity contribution is -0.117. The van der Waals surface area contributed by atoms with Gasteiger partial charge in [0.25, 0.3) is 0 Å². The van der Waals surface area contributed by atoms with Gasteiger partial charge in [0, 0.05) is 5.69 Å². The lowest BCUT2D eigenvalue weighted by Crippen LogP contribution is -2.30. The molecule has 0 saturated carbocycles. The van der Waals surface area contributed by atoms with Gasteiger partial charge in [-0.3, -0.25) is 9.69 Å². The molecule has 0 bridgehead atoms. The number of nitrogens with zero attached hydrogens (tertiary/aromatic N) is 1. The highest BCUT2D eigenvalue weighted by molar-refractivity contribution is 8.01. The normalized spacial score (nSPS) is 19.1. The lowest BCUT2D eigenvalue weighted by atomic mass is 10.1. The zero-order valence-corrected chi connectivity index (χ0v) is 17.3. The van der Waals surface area contributed by atoms with E-state index in [1.54, 1.807) is 22.7 Å². The summed E-state index contributed by atoms with van der Waals surface area (Å²) in [4.78, 5) is 14.6. The second-order valence-electron chi connectivity index (χ2n) is 6.42. The number of amides is 1. The number of para-hydroxylation sites is 1. The van der Waals surface area contributed by atoms with Crippen LogP contribution >= 0.6 is 35.0 Å². The van der Waals surface area contributed by atoms with Crippen LogP contribution in [0.3, 0.4) is 0 Å². The Morgan fingerprint density at radius 3 is 2.25 bits per heavy atom. The van der Waals surface area contributed by atoms with E-state index in [4.69, 9.17) is 27.9 Å². The van der Waals surface area contributed by atoms with Crippen LogP contribution < -0.4 is 9.64 Å². The fourth-order valence-corrected chi connectivity index (χ4v) is 4.65. The maximum absolute atomic E-state index is 12.8. The molecule has 2 atom stereocenters. The molecule has 142 valence electrons. The molecule has 0 radical (unpaired) electrons. The van der Waals surface area contributed by atoms with E-state index >= 15 is 0 Å². The predicted octanol–water partition coefficient (Wildman–Crippen LogP) is 6.95. The van der Waals surface area contributed by atoms with Gasteiger partial charge in [0.1, 0.15) is 16.9 Å². The van der Waals surface area contributed by atoms with Crippen LogP contribution in [0.1, 0.15) is 17.9 Å². The standard InChI is InChI=1S/C22H17Cl2NO2S/c1-14-21(26)25(22(28-14)15-7-12-19(23)20(24)13-15)16-8-10-18(11-9-16)27-17-5-3-2-4-6-17/h2-14,22H,1H3/t14-,22-/m0/s1. The van der Waals surface area contributed by atoms with Gasteiger partial charge in [-0.1, -0.05) is 47.5 Å². The molecule has 6 heteroatoms. The van der Waals surface area contributed by atoms with Gasteiger partial charge < -0.3 is 4.74 Å². The van der Waals surface area contributed by atoms with Crippen LogP contribution in [0.15, 0.2) is 72.8 Å². The molecule has 3 nitrogen and oxygen atoms in total. The van der Waals surface area contributed by atoms with Crippen molar-refractivity contribution >= 4 is 46.6 Å². The Bertz CT molecular complexity index is 995. The first-order chi connectivity index (χ1) is 13.5. The Hall–Kier alpha value is -2.14. The highest BCUT2D eigenvalue weighted by Gasteiger charge is 2.39. The van der Waals surface area contributed by atoms with Crippen molar-refractivity contribution in [3.63, 3.8) is 0 Å². The van der Waals surface area contributed by atoms with Crippen LogP contribution in [0.25, 0.3) is 0 Å². The number of carbonyl (C=O) groups is 1. The first-order valence-electron chi connectivity index (χ1n) is 8.79. The van der Waals surface area contributed by atoms with E-state index in [1.807, 2.05) is 73.7 Å². The molecule has 0 spiro atoms. The second-order valence-corrected chi connectivity index (χ2v) is 8.66. The average Bonchev–Trinajstić information content (AvgIpc) is 3.00. The summed E-state index contributed by atoms with van der Waals surface area (Å²) in [6.07, 6.45) is 0. The van der Waals surface area contributed by atoms with E-state index < -0.39 is 0 Å². The number of benzene rings is 3. The van der Waals surface area contributed by atoms with Crippen molar-refractivity contribution in [3.8, 4) is 11.5 Å². The monoisotopic (exact) mass is 429 g/mol. The van der Waals surface area contributed by atoms with Crippen LogP contribution in [0.5, 0.6) is 11.5 Å². The van der Waals surface area contributed by atoms with E-state index in [0.717, 1.165) is 17.0 Å². The third-order valence-electron chi connectivity index (χ3n) is 4.48. The molecule has 1 saturated heterocycles. The molecule has 1 aliphatic heterocycles. The molecule has 0 aromatic heterocycles. The third kappa shape index (κ3) is 3.86. The maximum Gasteiger partial charge on any atom is 0.241 e. The number of hydrogen-bond donors (Lipinski definition) is 0. The van der Waals surface area contributed by atoms with Crippen molar-refractivity contribution in [1.82, 2.24) is 0 Å². The van der Waals surface area contributed by atoms with E-state index in [2.05, 4.69) is 0 Å². The Morgan fingerprint density at radius 2 is 1.57 bits per heavy atom. The Morgan fingerprint density at radius 1 is 0.893 bits per heavy atom. The van der Waals surface area contributed by atoms with Crippen LogP contribution in [0.2, 0.25) is 10.0 Å². The largest absolute Gasteiger partial charge is 0.457 e. The summed E-state index contributed by atoms with van der Waals surface area (Å²) in [5.41, 5.74) is 1.76. The first-order valence-corrected chi connectivity index (χ1v) is 10.5. The van der Waals surface area contributed by atoms with Gasteiger partial charge >= 0.3 is 0 Å². The van der Waals surface area contributed by atoms with E-state index in [-0.39, 0.29) is 16.5 Å². The molecule has 0 aliphatic carbocycles. The highest BCUT2D eigenvalue weighted by Crippen LogP contribution is 2.46. The van der Waals surface area contributed by atoms with E-state index in [1.165, 1.54) is 0 Å². The number of rotatable bonds is 4. The SMILES string of the molecule is C[C@@H]1S[C@@H](c2ccc(Cl)c(Cl)c2)N(c2ccc(Oc3ccccc3)cc2)C1=O. The summed E-state index contributed by atoms with van der Waals surface area (Å²) in [6.45, 7) is 1.92. The van der Waals surface area contributed by atoms with Gasteiger partial charge in [-0.05, 0) is 61.0 Å². The Balaban J connectivity index is 1.61. The lowest BCUT2D eigenvalue weighted by Gasteiger charge is -2.24. The number of carbonyl (C=O) groups excluding carboxylic acids is 1. The minimum Gasteiger partial charge on any atom is -0.457 e. The molecule has 0 N–H and O–H groups in total. The van der Waals surface area contributed by atoms with Gasteiger partial charge in [0.2, 0.25) is 5.91 Å². The molecule has 0 unspecified atom stereocenters. The number of anilines is 1. The van der Waals surface area contributed by atoms with Gasteiger partial charge in [-0.2, -0.15) is 0 Å². The maximum atomic E-state index is 12.8. The quantitative estimate of drug-likeness (QED) is 0.449. The highest BCUT2D eigenvalue weighted by atomic mass is 35.5. The zero-order valence-electron chi connectivity index (χ0n) is 15.0. The van der Waals surface area contributed by atoms with Crippen molar-refractivity contribution in [3.05, 3.63) is 88.4 Å². The molecule has 1 amide bonds. The van der Waals surface area contributed by atoms with Crippen LogP contribution in [-0.4, -0.2) is 11.2 Å². The molecule has 28 heavy (non-hydrogen) atoms. The summed E-state index contributed by atoms with van der Waals surface area (Å²) < 4.78 is 5.84. The van der Waals surface area contributed by atoms with E-state index in [0.29, 0.717) is 15.8 Å². The molecule has 4 rings (SSSR count). The molecule has 1 heterocycles. The van der Waals surface area contributed by atoms with Crippen LogP contribution in [0, 0.1) is 0 Å². The second kappa shape index (κ2) is 8.08. The van der Waals surface area contributed by atoms with Crippen molar-refractivity contribution in [1.29, 1.82) is 0 Å². The van der Waals surface area contributed by atoms with Crippen molar-refractivity contribution in [2.45, 2.75) is 17.5 Å². The number of ether oxygens (including phenoxy) is 1. The van der Waals surface area contributed by atoms with Crippen molar-refractivity contribution < 1.29 is 9.53 Å². The molecule has 3 aromatic rings. The first kappa shape index (κ1) is 19.2. The smallest absolute Gasteiger partial charge is 0.241 e. The molecule has 3 aromatic carbocycles. The summed E-state index contributed by atoms with van der Waals surface area (Å²) in [6, 6.07) is 22.6. The summed E-state index contributed by atoms with van der Waals surface area (Å²) in [5.74, 6) is 1.55. The molecular weight excluding hydrogens is 413 g/mol. The fraction of sp³-hybridized carbons (Fsp3) is 0.136. The zero-order chi connectivity index (χ0) is 19.7. The fourth-order valence-electron chi connectivity index (χ4n) is 3.08. The summed E-state index contributed by atoms with van der Waals surface area (Å²) in [7, 11) is 0. The Kier molecular flexibility index (Phi) is 5.54. The van der Waals surface area contributed by atoms with Crippen molar-refractivity contribution in [2.24, 2.45) is 0 Å². The van der Waals surface area contributed by atoms with Crippen LogP contribution in [0.4, 0.5) is 5.69 Å². The minimum absolute atomic E-state index is 0.0674. The predicted molar refractivity (Wildman–Crippen MR) is 117 cm³/mol. The van der Waals surface area contributed by atoms with E-state index in [9.17, 15) is 4.79 Å². The van der Waals surface area contributed by atoms with Gasteiger partial charge in [-0.15, -0.1) is 11.8 Å². The summed E-state index contributed by atoms with van der Waals surface area (Å²) in [5, 5.41) is 0.693. The van der Waals surface area contributed by atoms with Crippen LogP contribution in [-0.2, 0) is 4.79 Å². The number of thioether (sulfide) groups is 1. The average molecular weight is 430 g/mol. The van der Waals surface area contributed by atoms with Gasteiger partial charge in [0.15, 0.2) is 0 Å². The van der Waals surface area contributed by atoms with Gasteiger partial charge in [0.05, 0.1) is 15.3 Å². The Labute approximate surface area is 178 Å².